The minimum absolute atomic E-state index is 0.0485. The van der Waals surface area contributed by atoms with Gasteiger partial charge in [-0.25, -0.2) is 4.98 Å². The molecule has 110 valence electrons. The minimum atomic E-state index is -0.0526. The number of aromatic nitrogens is 1. The molecule has 0 unspecified atom stereocenters. The molecule has 0 spiro atoms. The average Bonchev–Trinajstić information content (AvgIpc) is 2.95. The Morgan fingerprint density at radius 2 is 2.20 bits per heavy atom. The SMILES string of the molecule is Cc1csc(N2CCN([C@@H]3C[C@H](C)OC3=O)C[C@H]2C)n1. The molecule has 2 saturated heterocycles. The van der Waals surface area contributed by atoms with Crippen molar-refractivity contribution in [2.75, 3.05) is 24.5 Å². The number of hydrogen-bond acceptors (Lipinski definition) is 6. The van der Waals surface area contributed by atoms with E-state index in [-0.39, 0.29) is 18.1 Å². The van der Waals surface area contributed by atoms with Gasteiger partial charge in [-0.1, -0.05) is 0 Å². The van der Waals surface area contributed by atoms with Crippen LogP contribution in [0.1, 0.15) is 26.0 Å². The molecule has 2 aliphatic heterocycles. The third-order valence-corrected chi connectivity index (χ3v) is 5.09. The molecule has 3 heterocycles. The Kier molecular flexibility index (Phi) is 3.69. The van der Waals surface area contributed by atoms with Gasteiger partial charge in [0.25, 0.3) is 0 Å². The first-order chi connectivity index (χ1) is 9.54. The van der Waals surface area contributed by atoms with E-state index >= 15 is 0 Å². The lowest BCUT2D eigenvalue weighted by Crippen LogP contribution is -2.56. The molecule has 0 aromatic carbocycles. The van der Waals surface area contributed by atoms with Gasteiger partial charge in [-0.15, -0.1) is 11.3 Å². The van der Waals surface area contributed by atoms with Crippen LogP contribution in [0.4, 0.5) is 5.13 Å². The number of rotatable bonds is 2. The number of carbonyl (C=O) groups is 1. The van der Waals surface area contributed by atoms with Crippen LogP contribution in [-0.2, 0) is 9.53 Å². The van der Waals surface area contributed by atoms with Gasteiger partial charge >= 0.3 is 5.97 Å². The van der Waals surface area contributed by atoms with Crippen LogP contribution >= 0.6 is 11.3 Å². The number of anilines is 1. The fraction of sp³-hybridized carbons (Fsp3) is 0.714. The summed E-state index contributed by atoms with van der Waals surface area (Å²) in [6.45, 7) is 8.91. The molecule has 0 N–H and O–H groups in total. The molecule has 6 heteroatoms. The molecule has 1 aromatic heterocycles. The number of aryl methyl sites for hydroxylation is 1. The molecule has 2 fully saturated rings. The summed E-state index contributed by atoms with van der Waals surface area (Å²) in [5, 5.41) is 3.18. The third-order valence-electron chi connectivity index (χ3n) is 4.10. The van der Waals surface area contributed by atoms with Crippen LogP contribution in [-0.4, -0.2) is 53.7 Å². The van der Waals surface area contributed by atoms with Crippen LogP contribution in [0, 0.1) is 6.92 Å². The monoisotopic (exact) mass is 295 g/mol. The van der Waals surface area contributed by atoms with Gasteiger partial charge in [0.15, 0.2) is 5.13 Å². The van der Waals surface area contributed by atoms with Crippen molar-refractivity contribution in [3.05, 3.63) is 11.1 Å². The maximum Gasteiger partial charge on any atom is 0.323 e. The molecule has 0 radical (unpaired) electrons. The van der Waals surface area contributed by atoms with E-state index < -0.39 is 0 Å². The van der Waals surface area contributed by atoms with E-state index in [1.165, 1.54) is 0 Å². The summed E-state index contributed by atoms with van der Waals surface area (Å²) in [6.07, 6.45) is 0.879. The fourth-order valence-corrected chi connectivity index (χ4v) is 3.99. The molecule has 2 aliphatic rings. The number of esters is 1. The van der Waals surface area contributed by atoms with Gasteiger partial charge in [-0.2, -0.15) is 0 Å². The highest BCUT2D eigenvalue weighted by Crippen LogP contribution is 2.27. The lowest BCUT2D eigenvalue weighted by Gasteiger charge is -2.41. The van der Waals surface area contributed by atoms with Crippen LogP contribution in [0.25, 0.3) is 0 Å². The van der Waals surface area contributed by atoms with E-state index in [1.54, 1.807) is 11.3 Å². The molecule has 1 aromatic rings. The highest BCUT2D eigenvalue weighted by molar-refractivity contribution is 7.13. The largest absolute Gasteiger partial charge is 0.461 e. The Bertz CT molecular complexity index is 504. The van der Waals surface area contributed by atoms with Crippen molar-refractivity contribution in [1.29, 1.82) is 0 Å². The van der Waals surface area contributed by atoms with Crippen LogP contribution in [0.2, 0.25) is 0 Å². The van der Waals surface area contributed by atoms with Crippen molar-refractivity contribution in [3.63, 3.8) is 0 Å². The Labute approximate surface area is 123 Å². The molecule has 20 heavy (non-hydrogen) atoms. The van der Waals surface area contributed by atoms with Crippen molar-refractivity contribution >= 4 is 22.4 Å². The van der Waals surface area contributed by atoms with E-state index in [9.17, 15) is 4.79 Å². The Balaban J connectivity index is 1.66. The number of cyclic esters (lactones) is 1. The van der Waals surface area contributed by atoms with Crippen LogP contribution in [0.3, 0.4) is 0 Å². The zero-order chi connectivity index (χ0) is 14.3. The van der Waals surface area contributed by atoms with Gasteiger partial charge in [0.05, 0.1) is 5.69 Å². The van der Waals surface area contributed by atoms with Gasteiger partial charge < -0.3 is 9.64 Å². The summed E-state index contributed by atoms with van der Waals surface area (Å²) in [5.41, 5.74) is 1.08. The zero-order valence-electron chi connectivity index (χ0n) is 12.2. The van der Waals surface area contributed by atoms with Crippen molar-refractivity contribution in [2.45, 2.75) is 45.4 Å². The molecule has 0 aliphatic carbocycles. The second kappa shape index (κ2) is 5.33. The Morgan fingerprint density at radius 3 is 2.75 bits per heavy atom. The lowest BCUT2D eigenvalue weighted by atomic mass is 10.1. The summed E-state index contributed by atoms with van der Waals surface area (Å²) in [5.74, 6) is -0.0526. The summed E-state index contributed by atoms with van der Waals surface area (Å²) in [7, 11) is 0. The topological polar surface area (TPSA) is 45.7 Å². The molecule has 3 rings (SSSR count). The third kappa shape index (κ3) is 2.54. The van der Waals surface area contributed by atoms with E-state index in [0.29, 0.717) is 6.04 Å². The smallest absolute Gasteiger partial charge is 0.323 e. The van der Waals surface area contributed by atoms with Crippen molar-refractivity contribution < 1.29 is 9.53 Å². The second-order valence-electron chi connectivity index (χ2n) is 5.81. The number of hydrogen-bond donors (Lipinski definition) is 0. The molecule has 3 atom stereocenters. The Morgan fingerprint density at radius 1 is 1.40 bits per heavy atom. The van der Waals surface area contributed by atoms with Crippen LogP contribution in [0.5, 0.6) is 0 Å². The van der Waals surface area contributed by atoms with Crippen molar-refractivity contribution in [3.8, 4) is 0 Å². The Hall–Kier alpha value is -1.14. The predicted octanol–water partition coefficient (Wildman–Crippen LogP) is 1.67. The van der Waals surface area contributed by atoms with Gasteiger partial charge in [0.1, 0.15) is 12.1 Å². The van der Waals surface area contributed by atoms with E-state index in [0.717, 1.165) is 36.9 Å². The normalized spacial score (nSPS) is 31.6. The maximum absolute atomic E-state index is 11.9. The number of ether oxygens (including phenoxy) is 1. The summed E-state index contributed by atoms with van der Waals surface area (Å²) in [4.78, 5) is 21.0. The molecule has 5 nitrogen and oxygen atoms in total. The van der Waals surface area contributed by atoms with Gasteiger partial charge in [-0.3, -0.25) is 9.69 Å². The first kappa shape index (κ1) is 13.8. The highest BCUT2D eigenvalue weighted by Gasteiger charge is 2.39. The van der Waals surface area contributed by atoms with Gasteiger partial charge in [-0.05, 0) is 20.8 Å². The molecule has 0 bridgehead atoms. The van der Waals surface area contributed by atoms with Crippen LogP contribution in [0.15, 0.2) is 5.38 Å². The van der Waals surface area contributed by atoms with Gasteiger partial charge in [0, 0.05) is 37.5 Å². The predicted molar refractivity (Wildman–Crippen MR) is 79.2 cm³/mol. The van der Waals surface area contributed by atoms with Crippen molar-refractivity contribution in [1.82, 2.24) is 9.88 Å². The molecule has 0 amide bonds. The second-order valence-corrected chi connectivity index (χ2v) is 6.64. The number of thiazole rings is 1. The highest BCUT2D eigenvalue weighted by atomic mass is 32.1. The quantitative estimate of drug-likeness (QED) is 0.777. The minimum Gasteiger partial charge on any atom is -0.461 e. The van der Waals surface area contributed by atoms with Gasteiger partial charge in [0.2, 0.25) is 0 Å². The number of carbonyl (C=O) groups excluding carboxylic acids is 1. The number of piperazine rings is 1. The standard InChI is InChI=1S/C14H21N3O2S/c1-9-8-20-14(15-9)17-5-4-16(7-10(17)2)12-6-11(3)19-13(12)18/h8,10-12H,4-7H2,1-3H3/t10-,11+,12-/m1/s1. The molecule has 0 saturated carbocycles. The van der Waals surface area contributed by atoms with E-state index in [2.05, 4.69) is 27.1 Å². The molecular formula is C14H21N3O2S. The average molecular weight is 295 g/mol. The molecular weight excluding hydrogens is 274 g/mol. The zero-order valence-corrected chi connectivity index (χ0v) is 13.0. The van der Waals surface area contributed by atoms with Crippen LogP contribution < -0.4 is 4.90 Å². The first-order valence-electron chi connectivity index (χ1n) is 7.18. The summed E-state index contributed by atoms with van der Waals surface area (Å²) < 4.78 is 5.27. The maximum atomic E-state index is 11.9. The lowest BCUT2D eigenvalue weighted by molar-refractivity contribution is -0.145. The first-order valence-corrected chi connectivity index (χ1v) is 8.06. The van der Waals surface area contributed by atoms with E-state index in [1.807, 2.05) is 13.8 Å². The fourth-order valence-electron chi connectivity index (χ4n) is 3.06. The summed E-state index contributed by atoms with van der Waals surface area (Å²) >= 11 is 1.70. The summed E-state index contributed by atoms with van der Waals surface area (Å²) in [6, 6.07) is 0.325. The van der Waals surface area contributed by atoms with E-state index in [4.69, 9.17) is 4.74 Å². The number of nitrogens with zero attached hydrogens (tertiary/aromatic N) is 3. The van der Waals surface area contributed by atoms with Crippen molar-refractivity contribution in [2.24, 2.45) is 0 Å².